The molecular formula is C11H7BrN2O. The van der Waals surface area contributed by atoms with Crippen molar-refractivity contribution in [3.8, 4) is 0 Å². The minimum absolute atomic E-state index is 0.0984. The molecule has 0 atom stereocenters. The van der Waals surface area contributed by atoms with E-state index in [0.717, 1.165) is 0 Å². The van der Waals surface area contributed by atoms with Gasteiger partial charge in [0.2, 0.25) is 5.78 Å². The maximum Gasteiger partial charge on any atom is 0.211 e. The molecular weight excluding hydrogens is 256 g/mol. The lowest BCUT2D eigenvalue weighted by atomic mass is 10.1. The molecule has 0 unspecified atom stereocenters. The molecule has 2 aromatic rings. The van der Waals surface area contributed by atoms with Crippen molar-refractivity contribution in [2.75, 3.05) is 0 Å². The molecule has 0 fully saturated rings. The number of pyridine rings is 2. The third-order valence-corrected chi connectivity index (χ3v) is 2.33. The minimum atomic E-state index is -0.0984. The average Bonchev–Trinajstić information content (AvgIpc) is 2.29. The van der Waals surface area contributed by atoms with Gasteiger partial charge in [-0.1, -0.05) is 6.07 Å². The molecule has 0 aliphatic heterocycles. The first kappa shape index (κ1) is 9.98. The molecule has 0 aliphatic carbocycles. The molecule has 74 valence electrons. The molecule has 0 spiro atoms. The lowest BCUT2D eigenvalue weighted by Gasteiger charge is -1.99. The molecule has 2 rings (SSSR count). The predicted octanol–water partition coefficient (Wildman–Crippen LogP) is 2.47. The third kappa shape index (κ3) is 2.27. The van der Waals surface area contributed by atoms with Gasteiger partial charge in [-0.05, 0) is 40.2 Å². The normalized spacial score (nSPS) is 9.93. The summed E-state index contributed by atoms with van der Waals surface area (Å²) in [7, 11) is 0. The van der Waals surface area contributed by atoms with Gasteiger partial charge in [-0.25, -0.2) is 4.98 Å². The highest BCUT2D eigenvalue weighted by molar-refractivity contribution is 9.10. The van der Waals surface area contributed by atoms with Gasteiger partial charge in [0.05, 0.1) is 0 Å². The van der Waals surface area contributed by atoms with Gasteiger partial charge in [0, 0.05) is 18.0 Å². The van der Waals surface area contributed by atoms with Gasteiger partial charge in [0.25, 0.3) is 0 Å². The molecule has 0 amide bonds. The topological polar surface area (TPSA) is 42.9 Å². The van der Waals surface area contributed by atoms with Gasteiger partial charge < -0.3 is 0 Å². The average molecular weight is 263 g/mol. The Kier molecular flexibility index (Phi) is 2.87. The van der Waals surface area contributed by atoms with Crippen LogP contribution in [0.3, 0.4) is 0 Å². The van der Waals surface area contributed by atoms with Crippen LogP contribution in [-0.2, 0) is 0 Å². The largest absolute Gasteiger partial charge is 0.287 e. The summed E-state index contributed by atoms with van der Waals surface area (Å²) in [5.41, 5.74) is 1.02. The molecule has 0 bridgehead atoms. The van der Waals surface area contributed by atoms with Crippen LogP contribution in [0.15, 0.2) is 47.3 Å². The maximum atomic E-state index is 11.9. The summed E-state index contributed by atoms with van der Waals surface area (Å²) in [5.74, 6) is -0.0984. The summed E-state index contributed by atoms with van der Waals surface area (Å²) in [6.07, 6.45) is 3.18. The summed E-state index contributed by atoms with van der Waals surface area (Å²) in [5, 5.41) is 0. The second-order valence-corrected chi connectivity index (χ2v) is 3.72. The fraction of sp³-hybridized carbons (Fsp3) is 0. The van der Waals surface area contributed by atoms with Crippen molar-refractivity contribution in [1.82, 2.24) is 9.97 Å². The van der Waals surface area contributed by atoms with Crippen molar-refractivity contribution in [1.29, 1.82) is 0 Å². The van der Waals surface area contributed by atoms with E-state index in [1.165, 1.54) is 0 Å². The van der Waals surface area contributed by atoms with E-state index >= 15 is 0 Å². The number of hydrogen-bond donors (Lipinski definition) is 0. The molecule has 3 nitrogen and oxygen atoms in total. The van der Waals surface area contributed by atoms with Gasteiger partial charge in [-0.15, -0.1) is 0 Å². The van der Waals surface area contributed by atoms with Crippen LogP contribution in [0.5, 0.6) is 0 Å². The molecule has 0 N–H and O–H groups in total. The van der Waals surface area contributed by atoms with Crippen molar-refractivity contribution in [2.45, 2.75) is 0 Å². The molecule has 0 saturated heterocycles. The Balaban J connectivity index is 2.37. The lowest BCUT2D eigenvalue weighted by molar-refractivity contribution is 0.103. The third-order valence-electron chi connectivity index (χ3n) is 1.89. The van der Waals surface area contributed by atoms with Crippen molar-refractivity contribution < 1.29 is 4.79 Å². The highest BCUT2D eigenvalue weighted by Crippen LogP contribution is 2.10. The number of halogens is 1. The van der Waals surface area contributed by atoms with Gasteiger partial charge in [0.15, 0.2) is 0 Å². The molecule has 0 aromatic carbocycles. The fourth-order valence-corrected chi connectivity index (χ4v) is 1.53. The molecule has 0 saturated carbocycles. The van der Waals surface area contributed by atoms with Gasteiger partial charge >= 0.3 is 0 Å². The van der Waals surface area contributed by atoms with Crippen LogP contribution in [-0.4, -0.2) is 15.8 Å². The van der Waals surface area contributed by atoms with Crippen LogP contribution in [0, 0.1) is 0 Å². The van der Waals surface area contributed by atoms with Crippen LogP contribution < -0.4 is 0 Å². The summed E-state index contributed by atoms with van der Waals surface area (Å²) in [6, 6.07) is 8.60. The summed E-state index contributed by atoms with van der Waals surface area (Å²) >= 11 is 3.23. The first-order valence-electron chi connectivity index (χ1n) is 4.34. The Labute approximate surface area is 95.3 Å². The quantitative estimate of drug-likeness (QED) is 0.617. The lowest BCUT2D eigenvalue weighted by Crippen LogP contribution is -2.03. The van der Waals surface area contributed by atoms with E-state index in [1.54, 1.807) is 42.7 Å². The zero-order chi connectivity index (χ0) is 10.7. The first-order chi connectivity index (χ1) is 7.27. The Morgan fingerprint density at radius 3 is 2.53 bits per heavy atom. The maximum absolute atomic E-state index is 11.9. The SMILES string of the molecule is O=C(c1ccncc1)c1cccc(Br)n1. The molecule has 2 heterocycles. The molecule has 2 aromatic heterocycles. The van der Waals surface area contributed by atoms with Crippen molar-refractivity contribution in [3.63, 3.8) is 0 Å². The second kappa shape index (κ2) is 4.31. The Bertz CT molecular complexity index is 485. The van der Waals surface area contributed by atoms with Crippen molar-refractivity contribution in [2.24, 2.45) is 0 Å². The number of nitrogens with zero attached hydrogens (tertiary/aromatic N) is 2. The molecule has 0 radical (unpaired) electrons. The van der Waals surface area contributed by atoms with Crippen molar-refractivity contribution >= 4 is 21.7 Å². The summed E-state index contributed by atoms with van der Waals surface area (Å²) in [4.78, 5) is 19.8. The van der Waals surface area contributed by atoms with E-state index in [9.17, 15) is 4.79 Å². The standard InChI is InChI=1S/C11H7BrN2O/c12-10-3-1-2-9(14-10)11(15)8-4-6-13-7-5-8/h1-7H. The van der Waals surface area contributed by atoms with E-state index in [1.807, 2.05) is 0 Å². The van der Waals surface area contributed by atoms with Crippen LogP contribution in [0.4, 0.5) is 0 Å². The number of carbonyl (C=O) groups is 1. The predicted molar refractivity (Wildman–Crippen MR) is 59.6 cm³/mol. The van der Waals surface area contributed by atoms with Crippen LogP contribution >= 0.6 is 15.9 Å². The van der Waals surface area contributed by atoms with E-state index in [4.69, 9.17) is 0 Å². The van der Waals surface area contributed by atoms with E-state index in [2.05, 4.69) is 25.9 Å². The summed E-state index contributed by atoms with van der Waals surface area (Å²) < 4.78 is 0.655. The molecule has 0 aliphatic rings. The zero-order valence-electron chi connectivity index (χ0n) is 7.72. The van der Waals surface area contributed by atoms with Gasteiger partial charge in [-0.3, -0.25) is 9.78 Å². The smallest absolute Gasteiger partial charge is 0.211 e. The number of aromatic nitrogens is 2. The monoisotopic (exact) mass is 262 g/mol. The van der Waals surface area contributed by atoms with Gasteiger partial charge in [-0.2, -0.15) is 0 Å². The Hall–Kier alpha value is -1.55. The number of ketones is 1. The zero-order valence-corrected chi connectivity index (χ0v) is 9.31. The second-order valence-electron chi connectivity index (χ2n) is 2.91. The number of hydrogen-bond acceptors (Lipinski definition) is 3. The summed E-state index contributed by atoms with van der Waals surface area (Å²) in [6.45, 7) is 0. The highest BCUT2D eigenvalue weighted by atomic mass is 79.9. The molecule has 15 heavy (non-hydrogen) atoms. The van der Waals surface area contributed by atoms with Gasteiger partial charge in [0.1, 0.15) is 10.3 Å². The van der Waals surface area contributed by atoms with Crippen LogP contribution in [0.2, 0.25) is 0 Å². The molecule has 4 heteroatoms. The van der Waals surface area contributed by atoms with E-state index in [-0.39, 0.29) is 5.78 Å². The first-order valence-corrected chi connectivity index (χ1v) is 5.14. The number of rotatable bonds is 2. The minimum Gasteiger partial charge on any atom is -0.287 e. The van der Waals surface area contributed by atoms with E-state index < -0.39 is 0 Å². The highest BCUT2D eigenvalue weighted by Gasteiger charge is 2.09. The Morgan fingerprint density at radius 2 is 1.87 bits per heavy atom. The van der Waals surface area contributed by atoms with Crippen LogP contribution in [0.25, 0.3) is 0 Å². The van der Waals surface area contributed by atoms with Crippen molar-refractivity contribution in [3.05, 3.63) is 58.6 Å². The number of carbonyl (C=O) groups excluding carboxylic acids is 1. The van der Waals surface area contributed by atoms with E-state index in [0.29, 0.717) is 15.9 Å². The Morgan fingerprint density at radius 1 is 1.13 bits per heavy atom. The van der Waals surface area contributed by atoms with Crippen LogP contribution in [0.1, 0.15) is 16.1 Å². The fourth-order valence-electron chi connectivity index (χ4n) is 1.19.